The highest BCUT2D eigenvalue weighted by atomic mass is 16.5. The van der Waals surface area contributed by atoms with Gasteiger partial charge < -0.3 is 14.2 Å². The Hall–Kier alpha value is -2.23. The summed E-state index contributed by atoms with van der Waals surface area (Å²) in [6.45, 7) is 0. The highest BCUT2D eigenvalue weighted by Crippen LogP contribution is 2.29. The quantitative estimate of drug-likeness (QED) is 0.811. The fourth-order valence-electron chi connectivity index (χ4n) is 1.37. The zero-order valence-corrected chi connectivity index (χ0v) is 9.71. The van der Waals surface area contributed by atoms with Gasteiger partial charge in [-0.25, -0.2) is 4.98 Å². The molecule has 0 atom stereocenters. The van der Waals surface area contributed by atoms with Crippen LogP contribution in [0, 0.1) is 0 Å². The lowest BCUT2D eigenvalue weighted by Gasteiger charge is -2.09. The number of aromatic nitrogens is 1. The molecule has 0 saturated carbocycles. The Kier molecular flexibility index (Phi) is 3.45. The van der Waals surface area contributed by atoms with Crippen LogP contribution < -0.4 is 14.2 Å². The molecule has 1 aromatic heterocycles. The summed E-state index contributed by atoms with van der Waals surface area (Å²) in [6.07, 6.45) is 1.67. The highest BCUT2D eigenvalue weighted by molar-refractivity contribution is 5.43. The van der Waals surface area contributed by atoms with Crippen LogP contribution in [-0.4, -0.2) is 19.2 Å². The zero-order chi connectivity index (χ0) is 12.1. The fraction of sp³-hybridized carbons (Fsp3) is 0.154. The normalized spacial score (nSPS) is 9.76. The van der Waals surface area contributed by atoms with E-state index >= 15 is 0 Å². The second-order valence-electron chi connectivity index (χ2n) is 3.32. The number of pyridine rings is 1. The average Bonchev–Trinajstić information content (AvgIpc) is 2.39. The molecule has 0 spiro atoms. The van der Waals surface area contributed by atoms with Crippen LogP contribution in [0.5, 0.6) is 23.1 Å². The average molecular weight is 231 g/mol. The van der Waals surface area contributed by atoms with Crippen molar-refractivity contribution in [2.75, 3.05) is 14.2 Å². The van der Waals surface area contributed by atoms with Gasteiger partial charge in [-0.2, -0.15) is 0 Å². The maximum absolute atomic E-state index is 5.59. The summed E-state index contributed by atoms with van der Waals surface area (Å²) in [5.41, 5.74) is 0. The van der Waals surface area contributed by atoms with Crippen LogP contribution in [0.3, 0.4) is 0 Å². The van der Waals surface area contributed by atoms with Crippen molar-refractivity contribution in [2.24, 2.45) is 0 Å². The minimum atomic E-state index is 0.530. The molecule has 0 N–H and O–H groups in total. The van der Waals surface area contributed by atoms with Crippen molar-refractivity contribution in [3.05, 3.63) is 42.6 Å². The van der Waals surface area contributed by atoms with Crippen molar-refractivity contribution in [1.29, 1.82) is 0 Å². The third-order valence-corrected chi connectivity index (χ3v) is 2.19. The van der Waals surface area contributed by atoms with Crippen LogP contribution in [0.2, 0.25) is 0 Å². The lowest BCUT2D eigenvalue weighted by Crippen LogP contribution is -1.91. The summed E-state index contributed by atoms with van der Waals surface area (Å²) in [5, 5.41) is 0. The van der Waals surface area contributed by atoms with Gasteiger partial charge in [0.05, 0.1) is 14.2 Å². The number of nitrogens with zero attached hydrogens (tertiary/aromatic N) is 1. The van der Waals surface area contributed by atoms with E-state index in [9.17, 15) is 0 Å². The molecular weight excluding hydrogens is 218 g/mol. The molecule has 0 amide bonds. The van der Waals surface area contributed by atoms with Gasteiger partial charge >= 0.3 is 0 Å². The number of hydrogen-bond acceptors (Lipinski definition) is 4. The van der Waals surface area contributed by atoms with Gasteiger partial charge in [0, 0.05) is 30.5 Å². The van der Waals surface area contributed by atoms with Gasteiger partial charge in [0.25, 0.3) is 0 Å². The first-order chi connectivity index (χ1) is 8.31. The number of rotatable bonds is 4. The second kappa shape index (κ2) is 5.21. The Labute approximate surface area is 99.8 Å². The second-order valence-corrected chi connectivity index (χ2v) is 3.32. The van der Waals surface area contributed by atoms with Gasteiger partial charge in [-0.1, -0.05) is 6.07 Å². The minimum Gasteiger partial charge on any atom is -0.496 e. The number of ether oxygens (including phenoxy) is 3. The van der Waals surface area contributed by atoms with E-state index in [0.29, 0.717) is 23.1 Å². The van der Waals surface area contributed by atoms with Crippen LogP contribution in [0.15, 0.2) is 42.6 Å². The van der Waals surface area contributed by atoms with Gasteiger partial charge in [-0.3, -0.25) is 0 Å². The largest absolute Gasteiger partial charge is 0.496 e. The van der Waals surface area contributed by atoms with Crippen molar-refractivity contribution in [2.45, 2.75) is 0 Å². The van der Waals surface area contributed by atoms with Crippen LogP contribution in [0.1, 0.15) is 0 Å². The van der Waals surface area contributed by atoms with E-state index in [4.69, 9.17) is 14.2 Å². The summed E-state index contributed by atoms with van der Waals surface area (Å²) in [7, 11) is 3.19. The van der Waals surface area contributed by atoms with E-state index in [-0.39, 0.29) is 0 Å². The molecular formula is C13H13NO3. The predicted molar refractivity (Wildman–Crippen MR) is 63.9 cm³/mol. The molecule has 1 heterocycles. The summed E-state index contributed by atoms with van der Waals surface area (Å²) < 4.78 is 15.9. The van der Waals surface area contributed by atoms with E-state index in [1.807, 2.05) is 12.1 Å². The van der Waals surface area contributed by atoms with Crippen LogP contribution >= 0.6 is 0 Å². The van der Waals surface area contributed by atoms with Crippen molar-refractivity contribution in [3.8, 4) is 23.1 Å². The lowest BCUT2D eigenvalue weighted by molar-refractivity contribution is 0.385. The summed E-state index contributed by atoms with van der Waals surface area (Å²) in [5.74, 6) is 2.51. The molecule has 1 aromatic carbocycles. The van der Waals surface area contributed by atoms with Crippen LogP contribution in [-0.2, 0) is 0 Å². The van der Waals surface area contributed by atoms with Gasteiger partial charge in [0.2, 0.25) is 5.88 Å². The van der Waals surface area contributed by atoms with Gasteiger partial charge in [-0.05, 0) is 6.07 Å². The number of benzene rings is 1. The van der Waals surface area contributed by atoms with Gasteiger partial charge in [0.15, 0.2) is 0 Å². The van der Waals surface area contributed by atoms with Crippen molar-refractivity contribution in [1.82, 2.24) is 4.98 Å². The standard InChI is InChI=1S/C13H13NO3/c1-15-10-7-11(16-2)9-12(8-10)17-13-5-3-4-6-14-13/h3-9H,1-2H3. The molecule has 88 valence electrons. The van der Waals surface area contributed by atoms with Crippen molar-refractivity contribution in [3.63, 3.8) is 0 Å². The summed E-state index contributed by atoms with van der Waals surface area (Å²) >= 11 is 0. The maximum Gasteiger partial charge on any atom is 0.219 e. The van der Waals surface area contributed by atoms with E-state index < -0.39 is 0 Å². The topological polar surface area (TPSA) is 40.6 Å². The first-order valence-electron chi connectivity index (χ1n) is 5.14. The van der Waals surface area contributed by atoms with Crippen molar-refractivity contribution < 1.29 is 14.2 Å². The number of methoxy groups -OCH3 is 2. The summed E-state index contributed by atoms with van der Waals surface area (Å²) in [4.78, 5) is 4.08. The summed E-state index contributed by atoms with van der Waals surface area (Å²) in [6, 6.07) is 10.8. The third kappa shape index (κ3) is 2.87. The zero-order valence-electron chi connectivity index (χ0n) is 9.71. The Bertz CT molecular complexity index is 463. The molecule has 4 nitrogen and oxygen atoms in total. The molecule has 0 saturated heterocycles. The van der Waals surface area contributed by atoms with E-state index in [1.54, 1.807) is 44.7 Å². The molecule has 0 unspecified atom stereocenters. The first-order valence-corrected chi connectivity index (χ1v) is 5.14. The Morgan fingerprint density at radius 2 is 1.53 bits per heavy atom. The maximum atomic E-state index is 5.59. The first kappa shape index (κ1) is 11.3. The fourth-order valence-corrected chi connectivity index (χ4v) is 1.37. The Morgan fingerprint density at radius 3 is 2.06 bits per heavy atom. The molecule has 4 heteroatoms. The number of hydrogen-bond donors (Lipinski definition) is 0. The van der Waals surface area contributed by atoms with E-state index in [1.165, 1.54) is 0 Å². The van der Waals surface area contributed by atoms with E-state index in [0.717, 1.165) is 0 Å². The molecule has 17 heavy (non-hydrogen) atoms. The predicted octanol–water partition coefficient (Wildman–Crippen LogP) is 2.89. The molecule has 0 aliphatic heterocycles. The molecule has 0 fully saturated rings. The SMILES string of the molecule is COc1cc(OC)cc(Oc2ccccn2)c1. The Balaban J connectivity index is 2.26. The van der Waals surface area contributed by atoms with E-state index in [2.05, 4.69) is 4.98 Å². The highest BCUT2D eigenvalue weighted by Gasteiger charge is 2.04. The van der Waals surface area contributed by atoms with Gasteiger partial charge in [0.1, 0.15) is 17.2 Å². The smallest absolute Gasteiger partial charge is 0.219 e. The molecule has 0 bridgehead atoms. The Morgan fingerprint density at radius 1 is 0.882 bits per heavy atom. The molecule has 2 aromatic rings. The van der Waals surface area contributed by atoms with Crippen LogP contribution in [0.4, 0.5) is 0 Å². The van der Waals surface area contributed by atoms with Crippen LogP contribution in [0.25, 0.3) is 0 Å². The molecule has 0 aliphatic rings. The minimum absolute atomic E-state index is 0.530. The third-order valence-electron chi connectivity index (χ3n) is 2.19. The van der Waals surface area contributed by atoms with Crippen molar-refractivity contribution >= 4 is 0 Å². The molecule has 0 radical (unpaired) electrons. The van der Waals surface area contributed by atoms with Gasteiger partial charge in [-0.15, -0.1) is 0 Å². The lowest BCUT2D eigenvalue weighted by atomic mass is 10.3. The monoisotopic (exact) mass is 231 g/mol. The molecule has 0 aliphatic carbocycles. The molecule has 2 rings (SSSR count).